The molecule has 1 aliphatic rings. The van der Waals surface area contributed by atoms with E-state index in [1.807, 2.05) is 0 Å². The van der Waals surface area contributed by atoms with Gasteiger partial charge in [-0.1, -0.05) is 6.08 Å². The van der Waals surface area contributed by atoms with E-state index in [9.17, 15) is 15.0 Å². The highest BCUT2D eigenvalue weighted by molar-refractivity contribution is 5.21. The van der Waals surface area contributed by atoms with Crippen LogP contribution < -0.4 is 10.7 Å². The second kappa shape index (κ2) is 5.29. The number of aromatic hydroxyl groups is 1. The average Bonchev–Trinajstić information content (AvgIpc) is 2.40. The first-order valence-corrected chi connectivity index (χ1v) is 5.93. The molecule has 0 aromatic carbocycles. The van der Waals surface area contributed by atoms with Crippen LogP contribution in [0.15, 0.2) is 47.7 Å². The normalized spacial score (nSPS) is 23.1. The molecule has 2 heterocycles. The molecule has 0 fully saturated rings. The molecule has 4 N–H and O–H groups in total. The second-order valence-electron chi connectivity index (χ2n) is 4.36. The van der Waals surface area contributed by atoms with Crippen molar-refractivity contribution in [3.05, 3.63) is 53.1 Å². The van der Waals surface area contributed by atoms with Gasteiger partial charge in [0.15, 0.2) is 11.5 Å². The van der Waals surface area contributed by atoms with Crippen LogP contribution >= 0.6 is 0 Å². The summed E-state index contributed by atoms with van der Waals surface area (Å²) in [4.78, 5) is 11.2. The molecule has 6 heteroatoms. The van der Waals surface area contributed by atoms with Gasteiger partial charge in [-0.05, 0) is 24.8 Å². The fourth-order valence-corrected chi connectivity index (χ4v) is 2.09. The van der Waals surface area contributed by atoms with Gasteiger partial charge in [0.1, 0.15) is 0 Å². The van der Waals surface area contributed by atoms with E-state index in [2.05, 4.69) is 5.32 Å². The van der Waals surface area contributed by atoms with Crippen LogP contribution in [0.2, 0.25) is 0 Å². The summed E-state index contributed by atoms with van der Waals surface area (Å²) in [6.45, 7) is -0.140. The summed E-state index contributed by atoms with van der Waals surface area (Å²) in [5.41, 5.74) is -1.88. The summed E-state index contributed by atoms with van der Waals surface area (Å²) in [7, 11) is 0. The summed E-state index contributed by atoms with van der Waals surface area (Å²) in [6, 6.07) is 0.649. The molecule has 2 unspecified atom stereocenters. The van der Waals surface area contributed by atoms with Gasteiger partial charge < -0.3 is 25.2 Å². The van der Waals surface area contributed by atoms with Crippen molar-refractivity contribution in [1.29, 1.82) is 0 Å². The first-order chi connectivity index (χ1) is 9.07. The number of allylic oxidation sites excluding steroid dienone is 2. The molecule has 0 saturated heterocycles. The van der Waals surface area contributed by atoms with Gasteiger partial charge in [0.25, 0.3) is 0 Å². The Hall–Kier alpha value is -2.05. The summed E-state index contributed by atoms with van der Waals surface area (Å²) in [5, 5.41) is 32.0. The van der Waals surface area contributed by atoms with E-state index in [1.165, 1.54) is 23.0 Å². The molecule has 102 valence electrons. The molecule has 6 nitrogen and oxygen atoms in total. The second-order valence-corrected chi connectivity index (χ2v) is 4.36. The Morgan fingerprint density at radius 1 is 1.42 bits per heavy atom. The molecule has 19 heavy (non-hydrogen) atoms. The number of nitrogens with zero attached hydrogens (tertiary/aromatic N) is 1. The zero-order chi connectivity index (χ0) is 13.9. The predicted molar refractivity (Wildman–Crippen MR) is 69.5 cm³/mol. The summed E-state index contributed by atoms with van der Waals surface area (Å²) >= 11 is 0. The Morgan fingerprint density at radius 2 is 2.21 bits per heavy atom. The van der Waals surface area contributed by atoms with Crippen LogP contribution in [0.4, 0.5) is 0 Å². The van der Waals surface area contributed by atoms with Gasteiger partial charge in [0.2, 0.25) is 5.43 Å². The third kappa shape index (κ3) is 2.69. The van der Waals surface area contributed by atoms with E-state index in [0.29, 0.717) is 0 Å². The molecular formula is C13H16N2O4. The molecule has 1 aromatic rings. The monoisotopic (exact) mass is 264 g/mol. The molecule has 0 bridgehead atoms. The van der Waals surface area contributed by atoms with Gasteiger partial charge in [-0.2, -0.15) is 0 Å². The Labute approximate surface area is 109 Å². The smallest absolute Gasteiger partial charge is 0.223 e. The van der Waals surface area contributed by atoms with Crippen molar-refractivity contribution < 1.29 is 15.3 Å². The highest BCUT2D eigenvalue weighted by Crippen LogP contribution is 2.27. The minimum absolute atomic E-state index is 0.140. The molecule has 0 saturated carbocycles. The van der Waals surface area contributed by atoms with E-state index in [0.717, 1.165) is 0 Å². The fraction of sp³-hybridized carbons (Fsp3) is 0.308. The van der Waals surface area contributed by atoms with Crippen LogP contribution in [0, 0.1) is 0 Å². The van der Waals surface area contributed by atoms with Gasteiger partial charge >= 0.3 is 0 Å². The van der Waals surface area contributed by atoms with Crippen molar-refractivity contribution in [1.82, 2.24) is 9.88 Å². The van der Waals surface area contributed by atoms with E-state index >= 15 is 0 Å². The largest absolute Gasteiger partial charge is 0.503 e. The van der Waals surface area contributed by atoms with Gasteiger partial charge in [0, 0.05) is 18.9 Å². The summed E-state index contributed by atoms with van der Waals surface area (Å²) < 4.78 is 1.50. The van der Waals surface area contributed by atoms with Crippen LogP contribution in [-0.2, 0) is 0 Å². The Bertz CT molecular complexity index is 564. The fourth-order valence-electron chi connectivity index (χ4n) is 2.09. The zero-order valence-corrected chi connectivity index (χ0v) is 10.2. The third-order valence-electron chi connectivity index (χ3n) is 3.06. The lowest BCUT2D eigenvalue weighted by atomic mass is 9.98. The Balaban J connectivity index is 2.39. The number of aliphatic hydroxyl groups excluding tert-OH is 1. The maximum absolute atomic E-state index is 11.2. The SMILES string of the molecule is O=c1ccn(C(CCO)C2(O)C=CC=CN2)cc1O. The Morgan fingerprint density at radius 3 is 2.79 bits per heavy atom. The van der Waals surface area contributed by atoms with Crippen molar-refractivity contribution in [2.75, 3.05) is 6.61 Å². The van der Waals surface area contributed by atoms with Gasteiger partial charge in [0.05, 0.1) is 12.2 Å². The number of pyridine rings is 1. The average molecular weight is 264 g/mol. The van der Waals surface area contributed by atoms with Gasteiger partial charge in [-0.3, -0.25) is 4.79 Å². The first kappa shape index (κ1) is 13.4. The number of nitrogens with one attached hydrogen (secondary N) is 1. The molecule has 0 spiro atoms. The highest BCUT2D eigenvalue weighted by atomic mass is 16.3. The van der Waals surface area contributed by atoms with E-state index in [-0.39, 0.29) is 13.0 Å². The quantitative estimate of drug-likeness (QED) is 0.606. The number of dihydropyridines is 1. The predicted octanol–water partition coefficient (Wildman–Crippen LogP) is -0.161. The van der Waals surface area contributed by atoms with Crippen molar-refractivity contribution in [3.8, 4) is 5.75 Å². The number of rotatable bonds is 4. The lowest BCUT2D eigenvalue weighted by molar-refractivity contribution is 0.00242. The van der Waals surface area contributed by atoms with Gasteiger partial charge in [-0.25, -0.2) is 0 Å². The van der Waals surface area contributed by atoms with Crippen LogP contribution in [0.25, 0.3) is 0 Å². The third-order valence-corrected chi connectivity index (χ3v) is 3.06. The molecule has 2 atom stereocenters. The van der Waals surface area contributed by atoms with Crippen molar-refractivity contribution >= 4 is 0 Å². The minimum Gasteiger partial charge on any atom is -0.503 e. The maximum atomic E-state index is 11.2. The number of aromatic nitrogens is 1. The standard InChI is InChI=1S/C13H16N2O4/c16-8-4-12(13(19)5-1-2-6-14-13)15-7-3-10(17)11(18)9-15/h1-3,5-7,9,12,14,16,18-19H,4,8H2. The Kier molecular flexibility index (Phi) is 3.73. The van der Waals surface area contributed by atoms with Gasteiger partial charge in [-0.15, -0.1) is 0 Å². The maximum Gasteiger partial charge on any atom is 0.223 e. The van der Waals surface area contributed by atoms with Crippen molar-refractivity contribution in [2.24, 2.45) is 0 Å². The van der Waals surface area contributed by atoms with E-state index < -0.39 is 22.9 Å². The highest BCUT2D eigenvalue weighted by Gasteiger charge is 2.34. The minimum atomic E-state index is -1.39. The molecule has 1 aliphatic heterocycles. The lowest BCUT2D eigenvalue weighted by Gasteiger charge is -2.36. The van der Waals surface area contributed by atoms with Crippen LogP contribution in [0.1, 0.15) is 12.5 Å². The van der Waals surface area contributed by atoms with Crippen molar-refractivity contribution in [2.45, 2.75) is 18.2 Å². The van der Waals surface area contributed by atoms with E-state index in [1.54, 1.807) is 24.4 Å². The summed E-state index contributed by atoms with van der Waals surface area (Å²) in [6.07, 6.45) is 9.53. The topological polar surface area (TPSA) is 94.7 Å². The van der Waals surface area contributed by atoms with Crippen LogP contribution in [-0.4, -0.2) is 32.2 Å². The molecule has 0 radical (unpaired) electrons. The molecule has 0 amide bonds. The molecular weight excluding hydrogens is 248 g/mol. The number of hydrogen-bond donors (Lipinski definition) is 4. The van der Waals surface area contributed by atoms with Crippen LogP contribution in [0.5, 0.6) is 5.75 Å². The molecule has 2 rings (SSSR count). The van der Waals surface area contributed by atoms with E-state index in [4.69, 9.17) is 5.11 Å². The summed E-state index contributed by atoms with van der Waals surface area (Å²) in [5.74, 6) is -0.399. The first-order valence-electron chi connectivity index (χ1n) is 5.93. The molecule has 0 aliphatic carbocycles. The van der Waals surface area contributed by atoms with Crippen LogP contribution in [0.3, 0.4) is 0 Å². The number of aliphatic hydroxyl groups is 2. The lowest BCUT2D eigenvalue weighted by Crippen LogP contribution is -2.49. The number of hydrogen-bond acceptors (Lipinski definition) is 5. The molecule has 1 aromatic heterocycles. The van der Waals surface area contributed by atoms with Crippen molar-refractivity contribution in [3.63, 3.8) is 0 Å². The zero-order valence-electron chi connectivity index (χ0n) is 10.2.